The van der Waals surface area contributed by atoms with Crippen LogP contribution in [0.25, 0.3) is 0 Å². The molecule has 108 valence electrons. The molecule has 0 fully saturated rings. The topological polar surface area (TPSA) is 52.7 Å². The highest BCUT2D eigenvalue weighted by Gasteiger charge is 2.23. The first-order chi connectivity index (χ1) is 8.50. The highest BCUT2D eigenvalue weighted by atomic mass is 32.2. The molecule has 0 atom stereocenters. The van der Waals surface area contributed by atoms with Crippen LogP contribution in [-0.2, 0) is 10.2 Å². The Kier molecular flexibility index (Phi) is 9.27. The smallest absolute Gasteiger partial charge is 0.281 e. The lowest BCUT2D eigenvalue weighted by Gasteiger charge is -2.25. The summed E-state index contributed by atoms with van der Waals surface area (Å²) in [5, 5.41) is 3.26. The molecule has 0 aromatic rings. The van der Waals surface area contributed by atoms with Gasteiger partial charge in [0, 0.05) is 26.7 Å². The largest absolute Gasteiger partial charge is 0.317 e. The number of hydrogen-bond acceptors (Lipinski definition) is 3. The molecule has 0 aromatic heterocycles. The first-order valence-electron chi connectivity index (χ1n) is 6.53. The minimum atomic E-state index is -3.34. The Labute approximate surface area is 112 Å². The van der Waals surface area contributed by atoms with Gasteiger partial charge in [-0.1, -0.05) is 19.9 Å². The molecule has 0 aliphatic carbocycles. The Bertz CT molecular complexity index is 317. The minimum absolute atomic E-state index is 0.358. The van der Waals surface area contributed by atoms with Crippen LogP contribution in [0.2, 0.25) is 0 Å². The zero-order chi connectivity index (χ0) is 14.0. The molecule has 5 nitrogen and oxygen atoms in total. The van der Waals surface area contributed by atoms with Gasteiger partial charge in [0.2, 0.25) is 0 Å². The van der Waals surface area contributed by atoms with Crippen molar-refractivity contribution in [2.75, 3.05) is 39.8 Å². The van der Waals surface area contributed by atoms with Crippen molar-refractivity contribution in [1.29, 1.82) is 0 Å². The van der Waals surface area contributed by atoms with E-state index in [0.717, 1.165) is 25.9 Å². The minimum Gasteiger partial charge on any atom is -0.317 e. The summed E-state index contributed by atoms with van der Waals surface area (Å²) in [7, 11) is -1.71. The van der Waals surface area contributed by atoms with Crippen LogP contribution in [0.4, 0.5) is 0 Å². The van der Waals surface area contributed by atoms with Crippen LogP contribution in [-0.4, -0.2) is 56.8 Å². The summed E-state index contributed by atoms with van der Waals surface area (Å²) in [5.41, 5.74) is 0. The van der Waals surface area contributed by atoms with Gasteiger partial charge in [-0.05, 0) is 25.9 Å². The fraction of sp³-hybridized carbons (Fsp3) is 0.833. The Balaban J connectivity index is 4.20. The zero-order valence-corrected chi connectivity index (χ0v) is 12.7. The number of rotatable bonds is 11. The summed E-state index contributed by atoms with van der Waals surface area (Å²) < 4.78 is 27.1. The van der Waals surface area contributed by atoms with Crippen molar-refractivity contribution in [3.05, 3.63) is 12.7 Å². The second-order valence-corrected chi connectivity index (χ2v) is 6.21. The van der Waals surface area contributed by atoms with Crippen molar-refractivity contribution in [2.24, 2.45) is 0 Å². The predicted molar refractivity (Wildman–Crippen MR) is 76.8 cm³/mol. The molecule has 0 aliphatic heterocycles. The van der Waals surface area contributed by atoms with Gasteiger partial charge in [0.1, 0.15) is 0 Å². The maximum atomic E-state index is 12.2. The van der Waals surface area contributed by atoms with Gasteiger partial charge in [-0.25, -0.2) is 0 Å². The fourth-order valence-electron chi connectivity index (χ4n) is 1.57. The fourth-order valence-corrected chi connectivity index (χ4v) is 2.95. The third-order valence-electron chi connectivity index (χ3n) is 2.66. The van der Waals surface area contributed by atoms with Crippen molar-refractivity contribution >= 4 is 10.2 Å². The van der Waals surface area contributed by atoms with Gasteiger partial charge in [0.15, 0.2) is 0 Å². The van der Waals surface area contributed by atoms with Gasteiger partial charge in [0.05, 0.1) is 0 Å². The molecule has 0 saturated heterocycles. The summed E-state index contributed by atoms with van der Waals surface area (Å²) in [6, 6.07) is 0. The molecule has 1 N–H and O–H groups in total. The average Bonchev–Trinajstić information content (AvgIpc) is 2.35. The molecule has 0 spiro atoms. The van der Waals surface area contributed by atoms with Crippen LogP contribution in [0.3, 0.4) is 0 Å². The lowest BCUT2D eigenvalue weighted by atomic mass is 10.4. The molecule has 0 aliphatic rings. The highest BCUT2D eigenvalue weighted by Crippen LogP contribution is 2.06. The van der Waals surface area contributed by atoms with E-state index in [2.05, 4.69) is 18.8 Å². The Morgan fingerprint density at radius 2 is 1.94 bits per heavy atom. The van der Waals surface area contributed by atoms with Gasteiger partial charge >= 0.3 is 0 Å². The van der Waals surface area contributed by atoms with Crippen molar-refractivity contribution in [2.45, 2.75) is 26.7 Å². The summed E-state index contributed by atoms with van der Waals surface area (Å²) in [6.45, 7) is 10.7. The van der Waals surface area contributed by atoms with E-state index in [9.17, 15) is 8.42 Å². The number of likely N-dealkylation sites (N-methyl/N-ethyl adjacent to an activating group) is 1. The van der Waals surface area contributed by atoms with Crippen LogP contribution < -0.4 is 5.32 Å². The second-order valence-electron chi connectivity index (χ2n) is 4.17. The lowest BCUT2D eigenvalue weighted by molar-refractivity contribution is 0.381. The molecule has 0 aromatic carbocycles. The Morgan fingerprint density at radius 3 is 2.44 bits per heavy atom. The summed E-state index contributed by atoms with van der Waals surface area (Å²) in [6.07, 6.45) is 3.52. The SMILES string of the molecule is C=CCN(CC)S(=O)(=O)N(C)CCCNCCC. The van der Waals surface area contributed by atoms with Crippen molar-refractivity contribution in [1.82, 2.24) is 13.9 Å². The molecule has 0 heterocycles. The van der Waals surface area contributed by atoms with Crippen LogP contribution in [0, 0.1) is 0 Å². The molecule has 0 bridgehead atoms. The van der Waals surface area contributed by atoms with Gasteiger partial charge in [-0.2, -0.15) is 17.0 Å². The maximum Gasteiger partial charge on any atom is 0.281 e. The van der Waals surface area contributed by atoms with Gasteiger partial charge in [-0.15, -0.1) is 6.58 Å². The van der Waals surface area contributed by atoms with E-state index in [1.807, 2.05) is 6.92 Å². The first-order valence-corrected chi connectivity index (χ1v) is 7.93. The van der Waals surface area contributed by atoms with Crippen molar-refractivity contribution < 1.29 is 8.42 Å². The molecular formula is C12H27N3O2S. The predicted octanol–water partition coefficient (Wildman–Crippen LogP) is 1.06. The van der Waals surface area contributed by atoms with Gasteiger partial charge in [0.25, 0.3) is 10.2 Å². The van der Waals surface area contributed by atoms with E-state index in [0.29, 0.717) is 19.6 Å². The molecule has 0 radical (unpaired) electrons. The van der Waals surface area contributed by atoms with E-state index in [1.165, 1.54) is 8.61 Å². The quantitative estimate of drug-likeness (QED) is 0.454. The number of hydrogen-bond donors (Lipinski definition) is 1. The highest BCUT2D eigenvalue weighted by molar-refractivity contribution is 7.86. The van der Waals surface area contributed by atoms with Crippen molar-refractivity contribution in [3.63, 3.8) is 0 Å². The molecule has 0 amide bonds. The Hall–Kier alpha value is -0.430. The van der Waals surface area contributed by atoms with E-state index >= 15 is 0 Å². The molecule has 0 saturated carbocycles. The summed E-state index contributed by atoms with van der Waals surface area (Å²) in [4.78, 5) is 0. The zero-order valence-electron chi connectivity index (χ0n) is 11.9. The Morgan fingerprint density at radius 1 is 1.28 bits per heavy atom. The van der Waals surface area contributed by atoms with Crippen LogP contribution in [0.5, 0.6) is 0 Å². The van der Waals surface area contributed by atoms with E-state index in [1.54, 1.807) is 13.1 Å². The summed E-state index contributed by atoms with van der Waals surface area (Å²) >= 11 is 0. The summed E-state index contributed by atoms with van der Waals surface area (Å²) in [5.74, 6) is 0. The standard InChI is InChI=1S/C12H27N3O2S/c1-5-9-13-10-8-12-14(4)18(16,17)15(7-3)11-6-2/h6,13H,2,5,7-12H2,1,3-4H3. The van der Waals surface area contributed by atoms with Crippen LogP contribution >= 0.6 is 0 Å². The van der Waals surface area contributed by atoms with Gasteiger partial charge < -0.3 is 5.32 Å². The van der Waals surface area contributed by atoms with Crippen LogP contribution in [0.1, 0.15) is 26.7 Å². The monoisotopic (exact) mass is 277 g/mol. The number of nitrogens with zero attached hydrogens (tertiary/aromatic N) is 2. The number of nitrogens with one attached hydrogen (secondary N) is 1. The lowest BCUT2D eigenvalue weighted by Crippen LogP contribution is -2.42. The van der Waals surface area contributed by atoms with E-state index in [4.69, 9.17) is 0 Å². The second kappa shape index (κ2) is 9.49. The maximum absolute atomic E-state index is 12.2. The van der Waals surface area contributed by atoms with Crippen LogP contribution in [0.15, 0.2) is 12.7 Å². The van der Waals surface area contributed by atoms with Crippen molar-refractivity contribution in [3.8, 4) is 0 Å². The van der Waals surface area contributed by atoms with Gasteiger partial charge in [-0.3, -0.25) is 0 Å². The average molecular weight is 277 g/mol. The third-order valence-corrected chi connectivity index (χ3v) is 4.69. The first kappa shape index (κ1) is 17.6. The molecule has 0 unspecified atom stereocenters. The molecular weight excluding hydrogens is 250 g/mol. The van der Waals surface area contributed by atoms with E-state index in [-0.39, 0.29) is 0 Å². The molecule has 0 rings (SSSR count). The third kappa shape index (κ3) is 5.95. The normalized spacial score (nSPS) is 12.3. The van der Waals surface area contributed by atoms with E-state index < -0.39 is 10.2 Å². The molecule has 18 heavy (non-hydrogen) atoms. The molecule has 6 heteroatoms.